The van der Waals surface area contributed by atoms with Crippen molar-refractivity contribution < 1.29 is 18.0 Å². The second-order valence-electron chi connectivity index (χ2n) is 6.65. The maximum Gasteiger partial charge on any atom is 0.322 e. The van der Waals surface area contributed by atoms with Crippen molar-refractivity contribution in [2.45, 2.75) is 19.5 Å². The molecule has 0 saturated heterocycles. The van der Waals surface area contributed by atoms with Gasteiger partial charge in [0.25, 0.3) is 0 Å². The van der Waals surface area contributed by atoms with Crippen LogP contribution in [0.3, 0.4) is 0 Å². The molecule has 140 valence electrons. The predicted octanol–water partition coefficient (Wildman–Crippen LogP) is 4.03. The number of carbonyl (C=O) groups excluding carboxylic acids is 1. The third-order valence-corrected chi connectivity index (χ3v) is 4.91. The van der Waals surface area contributed by atoms with E-state index < -0.39 is 29.2 Å². The lowest BCUT2D eigenvalue weighted by atomic mass is 9.98. The lowest BCUT2D eigenvalue weighted by Gasteiger charge is -2.19. The number of nitrogens with one attached hydrogen (secondary N) is 2. The van der Waals surface area contributed by atoms with E-state index in [0.29, 0.717) is 38.2 Å². The van der Waals surface area contributed by atoms with Gasteiger partial charge in [0.1, 0.15) is 5.82 Å². The van der Waals surface area contributed by atoms with Gasteiger partial charge in [0.2, 0.25) is 0 Å². The van der Waals surface area contributed by atoms with E-state index >= 15 is 0 Å². The fourth-order valence-electron chi connectivity index (χ4n) is 3.50. The van der Waals surface area contributed by atoms with Gasteiger partial charge in [-0.25, -0.2) is 18.0 Å². The molecule has 0 spiro atoms. The van der Waals surface area contributed by atoms with Crippen LogP contribution in [0.15, 0.2) is 36.4 Å². The molecule has 0 fully saturated rings. The average molecular weight is 373 g/mol. The van der Waals surface area contributed by atoms with Gasteiger partial charge >= 0.3 is 6.03 Å². The predicted molar refractivity (Wildman–Crippen MR) is 96.5 cm³/mol. The molecular formula is C20H18F3N3O. The average Bonchev–Trinajstić information content (AvgIpc) is 3.11. The number of hydrogen-bond donors (Lipinski definition) is 2. The minimum Gasteiger partial charge on any atom is -0.316 e. The largest absolute Gasteiger partial charge is 0.322 e. The molecule has 4 rings (SSSR count). The maximum atomic E-state index is 14.5. The Hall–Kier alpha value is -2.80. The summed E-state index contributed by atoms with van der Waals surface area (Å²) in [4.78, 5) is 13.9. The summed E-state index contributed by atoms with van der Waals surface area (Å²) < 4.78 is 43.5. The van der Waals surface area contributed by atoms with Crippen molar-refractivity contribution in [3.8, 4) is 0 Å². The van der Waals surface area contributed by atoms with Crippen LogP contribution in [-0.4, -0.2) is 24.0 Å². The molecule has 2 N–H and O–H groups in total. The molecule has 2 aromatic rings. The molecule has 0 bridgehead atoms. The number of hydrogen-bond acceptors (Lipinski definition) is 2. The van der Waals surface area contributed by atoms with E-state index in [9.17, 15) is 18.0 Å². The SMILES string of the molecule is O=C(Nc1cc(F)c(C2=CCNCC2)c(F)c1F)N1Cc2ccccc2C1. The van der Waals surface area contributed by atoms with Gasteiger partial charge in [-0.15, -0.1) is 0 Å². The van der Waals surface area contributed by atoms with Gasteiger partial charge in [-0.05, 0) is 29.7 Å². The molecule has 0 radical (unpaired) electrons. The second kappa shape index (κ2) is 7.08. The second-order valence-corrected chi connectivity index (χ2v) is 6.65. The zero-order chi connectivity index (χ0) is 19.0. The van der Waals surface area contributed by atoms with Crippen LogP contribution >= 0.6 is 0 Å². The van der Waals surface area contributed by atoms with E-state index in [0.717, 1.165) is 17.2 Å². The van der Waals surface area contributed by atoms with Gasteiger partial charge in [-0.3, -0.25) is 0 Å². The topological polar surface area (TPSA) is 44.4 Å². The number of benzene rings is 2. The van der Waals surface area contributed by atoms with Crippen LogP contribution in [0, 0.1) is 17.5 Å². The third-order valence-electron chi connectivity index (χ3n) is 4.91. The van der Waals surface area contributed by atoms with E-state index in [4.69, 9.17) is 0 Å². The molecule has 0 aliphatic carbocycles. The summed E-state index contributed by atoms with van der Waals surface area (Å²) >= 11 is 0. The molecule has 27 heavy (non-hydrogen) atoms. The summed E-state index contributed by atoms with van der Waals surface area (Å²) in [5.74, 6) is -3.42. The van der Waals surface area contributed by atoms with Crippen LogP contribution < -0.4 is 10.6 Å². The van der Waals surface area contributed by atoms with Crippen LogP contribution in [0.5, 0.6) is 0 Å². The molecule has 2 amide bonds. The van der Waals surface area contributed by atoms with Crippen LogP contribution in [0.1, 0.15) is 23.1 Å². The number of amides is 2. The molecule has 0 aromatic heterocycles. The summed E-state index contributed by atoms with van der Waals surface area (Å²) in [6, 6.07) is 7.81. The summed E-state index contributed by atoms with van der Waals surface area (Å²) in [6.45, 7) is 1.78. The molecule has 0 saturated carbocycles. The molecule has 0 atom stereocenters. The van der Waals surface area contributed by atoms with Gasteiger partial charge in [0.15, 0.2) is 11.6 Å². The van der Waals surface area contributed by atoms with E-state index in [1.807, 2.05) is 24.3 Å². The van der Waals surface area contributed by atoms with Crippen LogP contribution in [-0.2, 0) is 13.1 Å². The fourth-order valence-corrected chi connectivity index (χ4v) is 3.50. The maximum absolute atomic E-state index is 14.5. The Morgan fingerprint density at radius 2 is 1.78 bits per heavy atom. The summed E-state index contributed by atoms with van der Waals surface area (Å²) in [5.41, 5.74) is 1.57. The first-order valence-electron chi connectivity index (χ1n) is 8.75. The van der Waals surface area contributed by atoms with Crippen LogP contribution in [0.25, 0.3) is 5.57 Å². The molecule has 2 aliphatic heterocycles. The number of nitrogens with zero attached hydrogens (tertiary/aromatic N) is 1. The highest BCUT2D eigenvalue weighted by molar-refractivity contribution is 5.90. The van der Waals surface area contributed by atoms with Gasteiger partial charge < -0.3 is 15.5 Å². The molecule has 2 aromatic carbocycles. The van der Waals surface area contributed by atoms with Crippen molar-refractivity contribution in [3.05, 3.63) is 70.5 Å². The minimum absolute atomic E-state index is 0.361. The Labute approximate surface area is 154 Å². The Kier molecular flexibility index (Phi) is 4.61. The molecule has 0 unspecified atom stereocenters. The molecular weight excluding hydrogens is 355 g/mol. The van der Waals surface area contributed by atoms with Crippen molar-refractivity contribution in [2.75, 3.05) is 18.4 Å². The lowest BCUT2D eigenvalue weighted by molar-refractivity contribution is 0.212. The molecule has 4 nitrogen and oxygen atoms in total. The number of fused-ring (bicyclic) bond motifs is 1. The first kappa shape index (κ1) is 17.6. The van der Waals surface area contributed by atoms with Crippen LogP contribution in [0.2, 0.25) is 0 Å². The van der Waals surface area contributed by atoms with Crippen molar-refractivity contribution in [2.24, 2.45) is 0 Å². The third kappa shape index (κ3) is 3.30. The number of urea groups is 1. The first-order chi connectivity index (χ1) is 13.0. The number of anilines is 1. The first-order valence-corrected chi connectivity index (χ1v) is 8.75. The fraction of sp³-hybridized carbons (Fsp3) is 0.250. The number of rotatable bonds is 2. The van der Waals surface area contributed by atoms with Crippen LogP contribution in [0.4, 0.5) is 23.7 Å². The smallest absolute Gasteiger partial charge is 0.316 e. The molecule has 2 aliphatic rings. The summed E-state index contributed by atoms with van der Waals surface area (Å²) in [6.07, 6.45) is 2.05. The standard InChI is InChI=1S/C20H18F3N3O/c21-15-9-16(18(22)19(23)17(15)12-5-7-24-8-6-12)25-20(27)26-10-13-3-1-2-4-14(13)11-26/h1-5,9,24H,6-8,10-11H2,(H,25,27). The quantitative estimate of drug-likeness (QED) is 0.781. The Morgan fingerprint density at radius 3 is 2.41 bits per heavy atom. The number of halogens is 3. The zero-order valence-corrected chi connectivity index (χ0v) is 14.5. The normalized spacial score (nSPS) is 16.1. The molecule has 2 heterocycles. The highest BCUT2D eigenvalue weighted by Gasteiger charge is 2.26. The molecule has 7 heteroatoms. The van der Waals surface area contributed by atoms with Crippen molar-refractivity contribution in [3.63, 3.8) is 0 Å². The van der Waals surface area contributed by atoms with E-state index in [1.54, 1.807) is 6.08 Å². The van der Waals surface area contributed by atoms with E-state index in [-0.39, 0.29) is 5.56 Å². The van der Waals surface area contributed by atoms with Gasteiger partial charge in [0.05, 0.1) is 11.3 Å². The Bertz CT molecular complexity index is 917. The summed E-state index contributed by atoms with van der Waals surface area (Å²) in [7, 11) is 0. The van der Waals surface area contributed by atoms with Gasteiger partial charge in [-0.1, -0.05) is 30.3 Å². The zero-order valence-electron chi connectivity index (χ0n) is 14.5. The highest BCUT2D eigenvalue weighted by atomic mass is 19.2. The van der Waals surface area contributed by atoms with Gasteiger partial charge in [-0.2, -0.15) is 0 Å². The lowest BCUT2D eigenvalue weighted by Crippen LogP contribution is -2.30. The minimum atomic E-state index is -1.27. The summed E-state index contributed by atoms with van der Waals surface area (Å²) in [5, 5.41) is 5.34. The van der Waals surface area contributed by atoms with E-state index in [1.165, 1.54) is 4.90 Å². The van der Waals surface area contributed by atoms with Gasteiger partial charge in [0, 0.05) is 25.7 Å². The highest BCUT2D eigenvalue weighted by Crippen LogP contribution is 2.31. The van der Waals surface area contributed by atoms with Crippen molar-refractivity contribution in [1.82, 2.24) is 10.2 Å². The van der Waals surface area contributed by atoms with E-state index in [2.05, 4.69) is 10.6 Å². The van der Waals surface area contributed by atoms with Crippen molar-refractivity contribution >= 4 is 17.3 Å². The monoisotopic (exact) mass is 373 g/mol. The Balaban J connectivity index is 1.56. The Morgan fingerprint density at radius 1 is 1.07 bits per heavy atom. The number of carbonyl (C=O) groups is 1. The van der Waals surface area contributed by atoms with Crippen molar-refractivity contribution in [1.29, 1.82) is 0 Å².